The van der Waals surface area contributed by atoms with E-state index >= 15 is 0 Å². The highest BCUT2D eigenvalue weighted by Crippen LogP contribution is 2.25. The zero-order chi connectivity index (χ0) is 16.8. The van der Waals surface area contributed by atoms with Crippen LogP contribution in [0.4, 0.5) is 5.95 Å². The number of rotatable bonds is 6. The molecule has 128 valence electrons. The van der Waals surface area contributed by atoms with Gasteiger partial charge in [-0.3, -0.25) is 0 Å². The van der Waals surface area contributed by atoms with Crippen LogP contribution in [0, 0.1) is 0 Å². The van der Waals surface area contributed by atoms with Gasteiger partial charge in [0.05, 0.1) is 12.2 Å². The molecule has 1 aromatic carbocycles. The quantitative estimate of drug-likeness (QED) is 0.851. The molecule has 1 heterocycles. The summed E-state index contributed by atoms with van der Waals surface area (Å²) in [5, 5.41) is 3.42. The van der Waals surface area contributed by atoms with Crippen LogP contribution in [-0.4, -0.2) is 28.2 Å². The van der Waals surface area contributed by atoms with Crippen LogP contribution >= 0.6 is 0 Å². The molecule has 0 atom stereocenters. The number of nitrogens with zero attached hydrogens (tertiary/aromatic N) is 2. The van der Waals surface area contributed by atoms with Crippen LogP contribution in [0.25, 0.3) is 0 Å². The SMILES string of the molecule is CC(C)OC1CCC(Nc2nccc(Oc3ccccc3)n2)CC1. The number of para-hydroxylation sites is 1. The summed E-state index contributed by atoms with van der Waals surface area (Å²) < 4.78 is 11.7. The molecule has 24 heavy (non-hydrogen) atoms. The van der Waals surface area contributed by atoms with Crippen LogP contribution in [-0.2, 0) is 4.74 Å². The van der Waals surface area contributed by atoms with Crippen molar-refractivity contribution in [1.29, 1.82) is 0 Å². The van der Waals surface area contributed by atoms with Crippen LogP contribution in [0.15, 0.2) is 42.6 Å². The van der Waals surface area contributed by atoms with Crippen LogP contribution in [0.3, 0.4) is 0 Å². The molecule has 1 aliphatic carbocycles. The highest BCUT2D eigenvalue weighted by molar-refractivity contribution is 5.32. The van der Waals surface area contributed by atoms with Gasteiger partial charge in [-0.15, -0.1) is 0 Å². The molecule has 1 N–H and O–H groups in total. The van der Waals surface area contributed by atoms with E-state index in [0.717, 1.165) is 31.4 Å². The van der Waals surface area contributed by atoms with Gasteiger partial charge in [0, 0.05) is 18.3 Å². The minimum atomic E-state index is 0.301. The summed E-state index contributed by atoms with van der Waals surface area (Å²) in [6.45, 7) is 4.19. The van der Waals surface area contributed by atoms with Gasteiger partial charge in [-0.05, 0) is 51.7 Å². The molecule has 0 amide bonds. The molecule has 3 rings (SSSR count). The molecule has 0 unspecified atom stereocenters. The largest absolute Gasteiger partial charge is 0.439 e. The first kappa shape index (κ1) is 16.7. The summed E-state index contributed by atoms with van der Waals surface area (Å²) in [5.74, 6) is 1.95. The van der Waals surface area contributed by atoms with Crippen LogP contribution in [0.2, 0.25) is 0 Å². The number of hydrogen-bond donors (Lipinski definition) is 1. The van der Waals surface area contributed by atoms with E-state index < -0.39 is 0 Å². The molecule has 0 radical (unpaired) electrons. The Bertz CT molecular complexity index is 626. The number of ether oxygens (including phenoxy) is 2. The summed E-state index contributed by atoms with van der Waals surface area (Å²) in [5.41, 5.74) is 0. The second-order valence-electron chi connectivity index (χ2n) is 6.44. The first-order chi connectivity index (χ1) is 11.7. The number of nitrogens with one attached hydrogen (secondary N) is 1. The van der Waals surface area contributed by atoms with Crippen molar-refractivity contribution in [2.24, 2.45) is 0 Å². The van der Waals surface area contributed by atoms with Gasteiger partial charge in [-0.1, -0.05) is 18.2 Å². The average Bonchev–Trinajstić information content (AvgIpc) is 2.57. The topological polar surface area (TPSA) is 56.3 Å². The molecule has 0 aliphatic heterocycles. The fourth-order valence-corrected chi connectivity index (χ4v) is 2.99. The van der Waals surface area contributed by atoms with E-state index in [1.165, 1.54) is 0 Å². The van der Waals surface area contributed by atoms with Gasteiger partial charge in [-0.25, -0.2) is 4.98 Å². The van der Waals surface area contributed by atoms with Crippen LogP contribution < -0.4 is 10.1 Å². The Kier molecular flexibility index (Phi) is 5.64. The molecule has 0 bridgehead atoms. The van der Waals surface area contributed by atoms with E-state index in [0.29, 0.717) is 30.1 Å². The van der Waals surface area contributed by atoms with Crippen molar-refractivity contribution in [3.8, 4) is 11.6 Å². The molecule has 1 aromatic heterocycles. The van der Waals surface area contributed by atoms with Gasteiger partial charge < -0.3 is 14.8 Å². The lowest BCUT2D eigenvalue weighted by Gasteiger charge is -2.30. The molecule has 5 heteroatoms. The normalized spacial score (nSPS) is 20.8. The van der Waals surface area contributed by atoms with E-state index in [1.807, 2.05) is 30.3 Å². The second kappa shape index (κ2) is 8.11. The van der Waals surface area contributed by atoms with Crippen molar-refractivity contribution in [3.05, 3.63) is 42.6 Å². The maximum absolute atomic E-state index is 5.90. The lowest BCUT2D eigenvalue weighted by Crippen LogP contribution is -2.31. The van der Waals surface area contributed by atoms with Crippen LogP contribution in [0.5, 0.6) is 11.6 Å². The van der Waals surface area contributed by atoms with Crippen molar-refractivity contribution < 1.29 is 9.47 Å². The van der Waals surface area contributed by atoms with E-state index in [2.05, 4.69) is 29.1 Å². The molecule has 5 nitrogen and oxygen atoms in total. The zero-order valence-corrected chi connectivity index (χ0v) is 14.3. The Hall–Kier alpha value is -2.14. The highest BCUT2D eigenvalue weighted by atomic mass is 16.5. The predicted octanol–water partition coefficient (Wildman–Crippen LogP) is 4.42. The van der Waals surface area contributed by atoms with E-state index in [-0.39, 0.29) is 0 Å². The first-order valence-corrected chi connectivity index (χ1v) is 8.67. The van der Waals surface area contributed by atoms with Crippen molar-refractivity contribution in [1.82, 2.24) is 9.97 Å². The number of anilines is 1. The number of benzene rings is 1. The summed E-state index contributed by atoms with van der Waals surface area (Å²) in [4.78, 5) is 8.76. The zero-order valence-electron chi connectivity index (χ0n) is 14.3. The Morgan fingerprint density at radius 2 is 1.79 bits per heavy atom. The molecule has 0 spiro atoms. The molecule has 1 fully saturated rings. The van der Waals surface area contributed by atoms with Gasteiger partial charge in [0.2, 0.25) is 11.8 Å². The highest BCUT2D eigenvalue weighted by Gasteiger charge is 2.22. The van der Waals surface area contributed by atoms with Gasteiger partial charge in [0.1, 0.15) is 5.75 Å². The Morgan fingerprint density at radius 1 is 1.04 bits per heavy atom. The molecule has 1 saturated carbocycles. The van der Waals surface area contributed by atoms with Gasteiger partial charge in [0.25, 0.3) is 0 Å². The fraction of sp³-hybridized carbons (Fsp3) is 0.474. The maximum atomic E-state index is 5.90. The lowest BCUT2D eigenvalue weighted by atomic mass is 9.93. The van der Waals surface area contributed by atoms with E-state index in [1.54, 1.807) is 12.3 Å². The van der Waals surface area contributed by atoms with Crippen molar-refractivity contribution >= 4 is 5.95 Å². The second-order valence-corrected chi connectivity index (χ2v) is 6.44. The van der Waals surface area contributed by atoms with Crippen molar-refractivity contribution in [2.75, 3.05) is 5.32 Å². The number of hydrogen-bond acceptors (Lipinski definition) is 5. The summed E-state index contributed by atoms with van der Waals surface area (Å²) in [7, 11) is 0. The summed E-state index contributed by atoms with van der Waals surface area (Å²) in [6.07, 6.45) is 6.72. The summed E-state index contributed by atoms with van der Waals surface area (Å²) >= 11 is 0. The average molecular weight is 327 g/mol. The molecule has 1 aliphatic rings. The standard InChI is InChI=1S/C19H25N3O2/c1-14(2)23-17-10-8-15(9-11-17)21-19-20-13-12-18(22-19)24-16-6-4-3-5-7-16/h3-7,12-15,17H,8-11H2,1-2H3,(H,20,21,22). The third-order valence-electron chi connectivity index (χ3n) is 4.07. The monoisotopic (exact) mass is 327 g/mol. The van der Waals surface area contributed by atoms with Crippen molar-refractivity contribution in [3.63, 3.8) is 0 Å². The minimum absolute atomic E-state index is 0.301. The molecule has 2 aromatic rings. The fourth-order valence-electron chi connectivity index (χ4n) is 2.99. The third-order valence-corrected chi connectivity index (χ3v) is 4.07. The van der Waals surface area contributed by atoms with E-state index in [9.17, 15) is 0 Å². The van der Waals surface area contributed by atoms with Gasteiger partial charge in [-0.2, -0.15) is 4.98 Å². The maximum Gasteiger partial charge on any atom is 0.226 e. The Labute approximate surface area is 143 Å². The number of aromatic nitrogens is 2. The summed E-state index contributed by atoms with van der Waals surface area (Å²) in [6, 6.07) is 11.8. The van der Waals surface area contributed by atoms with Gasteiger partial charge >= 0.3 is 0 Å². The van der Waals surface area contributed by atoms with Gasteiger partial charge in [0.15, 0.2) is 0 Å². The van der Waals surface area contributed by atoms with E-state index in [4.69, 9.17) is 9.47 Å². The third kappa shape index (κ3) is 4.93. The molecule has 0 saturated heterocycles. The Balaban J connectivity index is 1.54. The Morgan fingerprint density at radius 3 is 2.50 bits per heavy atom. The van der Waals surface area contributed by atoms with Crippen molar-refractivity contribution in [2.45, 2.75) is 57.8 Å². The lowest BCUT2D eigenvalue weighted by molar-refractivity contribution is -0.0133. The predicted molar refractivity (Wildman–Crippen MR) is 94.4 cm³/mol. The minimum Gasteiger partial charge on any atom is -0.439 e. The molecular weight excluding hydrogens is 302 g/mol. The smallest absolute Gasteiger partial charge is 0.226 e. The first-order valence-electron chi connectivity index (χ1n) is 8.67. The molecular formula is C19H25N3O2. The van der Waals surface area contributed by atoms with Crippen LogP contribution in [0.1, 0.15) is 39.5 Å².